The lowest BCUT2D eigenvalue weighted by Gasteiger charge is -2.45. The number of rotatable bonds is 7. The summed E-state index contributed by atoms with van der Waals surface area (Å²) < 4.78 is 0. The molecule has 0 radical (unpaired) electrons. The van der Waals surface area contributed by atoms with Crippen molar-refractivity contribution in [2.45, 2.75) is 50.6 Å². The van der Waals surface area contributed by atoms with Crippen molar-refractivity contribution in [2.24, 2.45) is 5.92 Å². The summed E-state index contributed by atoms with van der Waals surface area (Å²) in [5.74, 6) is 0.635. The fourth-order valence-electron chi connectivity index (χ4n) is 3.22. The second-order valence-electron chi connectivity index (χ2n) is 5.88. The van der Waals surface area contributed by atoms with Crippen LogP contribution in [0.4, 0.5) is 0 Å². The molecule has 0 aromatic rings. The van der Waals surface area contributed by atoms with E-state index in [9.17, 15) is 0 Å². The van der Waals surface area contributed by atoms with Crippen LogP contribution >= 0.6 is 0 Å². The van der Waals surface area contributed by atoms with Gasteiger partial charge >= 0.3 is 0 Å². The Bertz CT molecular complexity index is 234. The van der Waals surface area contributed by atoms with E-state index in [1.165, 1.54) is 32.2 Å². The first-order chi connectivity index (χ1) is 8.83. The molecule has 2 rings (SSSR count). The van der Waals surface area contributed by atoms with E-state index in [4.69, 9.17) is 10.2 Å². The Balaban J connectivity index is 1.80. The van der Waals surface area contributed by atoms with Gasteiger partial charge in [-0.1, -0.05) is 6.42 Å². The van der Waals surface area contributed by atoms with Crippen molar-refractivity contribution < 1.29 is 10.2 Å². The molecular formula is C14H28N2O2. The first kappa shape index (κ1) is 14.3. The van der Waals surface area contributed by atoms with Crippen LogP contribution in [0, 0.1) is 5.92 Å². The Morgan fingerprint density at radius 1 is 1.11 bits per heavy atom. The fourth-order valence-corrected chi connectivity index (χ4v) is 3.22. The van der Waals surface area contributed by atoms with E-state index in [-0.39, 0.29) is 6.61 Å². The molecule has 0 aromatic heterocycles. The quantitative estimate of drug-likeness (QED) is 0.583. The number of hydrogen-bond donors (Lipinski definition) is 3. The summed E-state index contributed by atoms with van der Waals surface area (Å²) in [5, 5.41) is 21.5. The van der Waals surface area contributed by atoms with Gasteiger partial charge in [0.1, 0.15) is 0 Å². The fraction of sp³-hybridized carbons (Fsp3) is 1.00. The molecule has 1 aliphatic heterocycles. The molecule has 0 amide bonds. The number of aliphatic hydroxyl groups is 2. The minimum atomic E-state index is 0.270. The number of piperidine rings is 1. The third kappa shape index (κ3) is 3.92. The Morgan fingerprint density at radius 3 is 2.56 bits per heavy atom. The first-order valence-corrected chi connectivity index (χ1v) is 7.52. The van der Waals surface area contributed by atoms with Gasteiger partial charge in [-0.05, 0) is 44.6 Å². The molecule has 4 nitrogen and oxygen atoms in total. The van der Waals surface area contributed by atoms with Gasteiger partial charge in [0.2, 0.25) is 0 Å². The molecule has 0 aromatic carbocycles. The largest absolute Gasteiger partial charge is 0.396 e. The lowest BCUT2D eigenvalue weighted by molar-refractivity contribution is 0.0506. The van der Waals surface area contributed by atoms with Gasteiger partial charge in [-0.2, -0.15) is 0 Å². The molecule has 4 heteroatoms. The van der Waals surface area contributed by atoms with Crippen LogP contribution in [0.2, 0.25) is 0 Å². The summed E-state index contributed by atoms with van der Waals surface area (Å²) >= 11 is 0. The van der Waals surface area contributed by atoms with Crippen LogP contribution < -0.4 is 5.32 Å². The Hall–Kier alpha value is -0.160. The zero-order chi connectivity index (χ0) is 12.8. The second kappa shape index (κ2) is 7.43. The highest BCUT2D eigenvalue weighted by Gasteiger charge is 2.33. The maximum atomic E-state index is 9.14. The number of nitrogens with zero attached hydrogens (tertiary/aromatic N) is 1. The summed E-state index contributed by atoms with van der Waals surface area (Å²) in [6, 6.07) is 1.34. The normalized spacial score (nSPS) is 30.3. The average Bonchev–Trinajstić information content (AvgIpc) is 2.27. The Labute approximate surface area is 110 Å². The highest BCUT2D eigenvalue weighted by molar-refractivity contribution is 4.89. The highest BCUT2D eigenvalue weighted by atomic mass is 16.3. The Morgan fingerprint density at radius 2 is 1.94 bits per heavy atom. The van der Waals surface area contributed by atoms with Gasteiger partial charge in [0.15, 0.2) is 0 Å². The molecule has 1 aliphatic carbocycles. The summed E-state index contributed by atoms with van der Waals surface area (Å²) in [6.45, 7) is 3.81. The molecule has 2 unspecified atom stereocenters. The van der Waals surface area contributed by atoms with E-state index in [1.807, 2.05) is 0 Å². The van der Waals surface area contributed by atoms with Crippen LogP contribution in [0.1, 0.15) is 38.5 Å². The molecule has 0 bridgehead atoms. The monoisotopic (exact) mass is 256 g/mol. The van der Waals surface area contributed by atoms with Crippen LogP contribution in [0.15, 0.2) is 0 Å². The topological polar surface area (TPSA) is 55.7 Å². The zero-order valence-corrected chi connectivity index (χ0v) is 11.4. The van der Waals surface area contributed by atoms with Crippen molar-refractivity contribution in [1.82, 2.24) is 10.2 Å². The molecule has 2 aliphatic rings. The first-order valence-electron chi connectivity index (χ1n) is 7.52. The third-order valence-corrected chi connectivity index (χ3v) is 4.46. The molecule has 3 N–H and O–H groups in total. The second-order valence-corrected chi connectivity index (χ2v) is 5.88. The van der Waals surface area contributed by atoms with Crippen LogP contribution in [-0.2, 0) is 0 Å². The molecule has 2 fully saturated rings. The predicted octanol–water partition coefficient (Wildman–Crippen LogP) is 0.584. The van der Waals surface area contributed by atoms with Crippen molar-refractivity contribution in [3.8, 4) is 0 Å². The van der Waals surface area contributed by atoms with E-state index >= 15 is 0 Å². The van der Waals surface area contributed by atoms with E-state index in [2.05, 4.69) is 10.2 Å². The van der Waals surface area contributed by atoms with Crippen molar-refractivity contribution in [3.63, 3.8) is 0 Å². The van der Waals surface area contributed by atoms with Gasteiger partial charge in [-0.15, -0.1) is 0 Å². The SMILES string of the molecule is OCCCNC1CC(CCO)CN(C2CCC2)C1. The highest BCUT2D eigenvalue weighted by Crippen LogP contribution is 2.30. The predicted molar refractivity (Wildman–Crippen MR) is 72.5 cm³/mol. The van der Waals surface area contributed by atoms with Crippen LogP contribution in [0.5, 0.6) is 0 Å². The molecule has 18 heavy (non-hydrogen) atoms. The lowest BCUT2D eigenvalue weighted by Crippen LogP contribution is -2.54. The van der Waals surface area contributed by atoms with Crippen molar-refractivity contribution in [2.75, 3.05) is 32.8 Å². The van der Waals surface area contributed by atoms with Crippen molar-refractivity contribution in [1.29, 1.82) is 0 Å². The van der Waals surface area contributed by atoms with Crippen LogP contribution in [0.3, 0.4) is 0 Å². The summed E-state index contributed by atoms with van der Waals surface area (Å²) in [4.78, 5) is 2.63. The van der Waals surface area contributed by atoms with Crippen molar-refractivity contribution in [3.05, 3.63) is 0 Å². The van der Waals surface area contributed by atoms with Gasteiger partial charge in [-0.3, -0.25) is 4.90 Å². The van der Waals surface area contributed by atoms with Gasteiger partial charge in [0.25, 0.3) is 0 Å². The number of nitrogens with one attached hydrogen (secondary N) is 1. The number of hydrogen-bond acceptors (Lipinski definition) is 4. The number of likely N-dealkylation sites (tertiary alicyclic amines) is 1. The molecule has 1 saturated heterocycles. The standard InChI is InChI=1S/C14H28N2O2/c17-7-2-6-15-13-9-12(5-8-18)10-16(11-13)14-3-1-4-14/h12-15,17-18H,1-11H2. The Kier molecular flexibility index (Phi) is 5.89. The smallest absolute Gasteiger partial charge is 0.0443 e. The van der Waals surface area contributed by atoms with E-state index in [1.54, 1.807) is 0 Å². The maximum absolute atomic E-state index is 9.14. The number of aliphatic hydroxyl groups excluding tert-OH is 2. The van der Waals surface area contributed by atoms with E-state index in [0.29, 0.717) is 18.6 Å². The van der Waals surface area contributed by atoms with Gasteiger partial charge in [0.05, 0.1) is 0 Å². The molecule has 1 heterocycles. The van der Waals surface area contributed by atoms with Crippen LogP contribution in [-0.4, -0.2) is 60.0 Å². The van der Waals surface area contributed by atoms with Gasteiger partial charge in [-0.25, -0.2) is 0 Å². The van der Waals surface area contributed by atoms with Gasteiger partial charge < -0.3 is 15.5 Å². The minimum Gasteiger partial charge on any atom is -0.396 e. The zero-order valence-electron chi connectivity index (χ0n) is 11.4. The van der Waals surface area contributed by atoms with Crippen LogP contribution in [0.25, 0.3) is 0 Å². The van der Waals surface area contributed by atoms with E-state index < -0.39 is 0 Å². The van der Waals surface area contributed by atoms with Crippen molar-refractivity contribution >= 4 is 0 Å². The molecular weight excluding hydrogens is 228 g/mol. The summed E-state index contributed by atoms with van der Waals surface area (Å²) in [7, 11) is 0. The van der Waals surface area contributed by atoms with Gasteiger partial charge in [0, 0.05) is 38.4 Å². The third-order valence-electron chi connectivity index (χ3n) is 4.46. The minimum absolute atomic E-state index is 0.270. The maximum Gasteiger partial charge on any atom is 0.0443 e. The molecule has 106 valence electrons. The molecule has 0 spiro atoms. The lowest BCUT2D eigenvalue weighted by atomic mass is 9.85. The van der Waals surface area contributed by atoms with E-state index in [0.717, 1.165) is 32.0 Å². The summed E-state index contributed by atoms with van der Waals surface area (Å²) in [5.41, 5.74) is 0. The molecule has 2 atom stereocenters. The summed E-state index contributed by atoms with van der Waals surface area (Å²) in [6.07, 6.45) is 7.04. The average molecular weight is 256 g/mol. The molecule has 1 saturated carbocycles.